The average Bonchev–Trinajstić information content (AvgIpc) is 3.21. The minimum Gasteiger partial charge on any atom is -0.341 e. The van der Waals surface area contributed by atoms with E-state index in [0.29, 0.717) is 15.7 Å². The highest BCUT2D eigenvalue weighted by Gasteiger charge is 2.35. The molecule has 0 N–H and O–H groups in total. The first-order valence-electron chi connectivity index (χ1n) is 12.2. The Hall–Kier alpha value is -2.52. The van der Waals surface area contributed by atoms with E-state index in [2.05, 4.69) is 46.2 Å². The summed E-state index contributed by atoms with van der Waals surface area (Å²) in [4.78, 5) is 0.267. The van der Waals surface area contributed by atoms with Gasteiger partial charge in [0, 0.05) is 53.1 Å². The van der Waals surface area contributed by atoms with Crippen LogP contribution in [0.25, 0.3) is 27.4 Å². The van der Waals surface area contributed by atoms with E-state index in [0.717, 1.165) is 54.2 Å². The molecule has 0 amide bonds. The molecule has 6 rings (SSSR count). The summed E-state index contributed by atoms with van der Waals surface area (Å²) >= 11 is 15.2. The van der Waals surface area contributed by atoms with Crippen molar-refractivity contribution >= 4 is 88.9 Å². The van der Waals surface area contributed by atoms with Gasteiger partial charge in [-0.3, -0.25) is 4.31 Å². The van der Waals surface area contributed by atoms with Crippen LogP contribution in [0.2, 0.25) is 10.0 Å². The molecule has 1 aliphatic heterocycles. The van der Waals surface area contributed by atoms with Crippen molar-refractivity contribution in [2.24, 2.45) is 0 Å². The summed E-state index contributed by atoms with van der Waals surface area (Å²) in [5.41, 5.74) is 6.49. The summed E-state index contributed by atoms with van der Waals surface area (Å²) in [5.74, 6) is 0. The number of halogens is 3. The standard InChI is InChI=1S/C30H23Cl2IN2O2S/c1-3-34-25-7-5-4-6-23(25)29-26(34)12-13-27-30(29)28(19-14-20(31)16-21(32)15-19)24(33)17-35(27)38(36,37)22-10-8-18(2)9-11-22/h4-16H,3,17H2,1-2H3. The Morgan fingerprint density at radius 2 is 1.58 bits per heavy atom. The van der Waals surface area contributed by atoms with E-state index >= 15 is 0 Å². The van der Waals surface area contributed by atoms with Crippen molar-refractivity contribution in [2.75, 3.05) is 10.8 Å². The summed E-state index contributed by atoms with van der Waals surface area (Å²) in [6.07, 6.45) is 0. The highest BCUT2D eigenvalue weighted by Crippen LogP contribution is 2.49. The van der Waals surface area contributed by atoms with Gasteiger partial charge >= 0.3 is 0 Å². The summed E-state index contributed by atoms with van der Waals surface area (Å²) in [6, 6.07) is 24.8. The van der Waals surface area contributed by atoms with Gasteiger partial charge in [0.05, 0.1) is 17.1 Å². The number of hydrogen-bond acceptors (Lipinski definition) is 2. The molecule has 8 heteroatoms. The fourth-order valence-electron chi connectivity index (χ4n) is 5.41. The number of para-hydroxylation sites is 1. The number of nitrogens with zero attached hydrogens (tertiary/aromatic N) is 2. The maximum atomic E-state index is 14.1. The SMILES string of the molecule is CCn1c2ccccc2c2c3c(ccc21)N(S(=O)(=O)c1ccc(C)cc1)CC(I)=C3c1cc(Cl)cc(Cl)c1. The van der Waals surface area contributed by atoms with Gasteiger partial charge in [-0.2, -0.15) is 0 Å². The van der Waals surface area contributed by atoms with Gasteiger partial charge in [-0.05, 0) is 90.5 Å². The molecule has 1 aliphatic rings. The van der Waals surface area contributed by atoms with Crippen molar-refractivity contribution < 1.29 is 8.42 Å². The Morgan fingerprint density at radius 1 is 0.895 bits per heavy atom. The molecule has 5 aromatic rings. The van der Waals surface area contributed by atoms with Gasteiger partial charge in [-0.1, -0.05) is 59.1 Å². The van der Waals surface area contributed by atoms with Gasteiger partial charge in [0.25, 0.3) is 10.0 Å². The minimum atomic E-state index is -3.83. The third-order valence-corrected chi connectivity index (χ3v) is 10.2. The zero-order valence-electron chi connectivity index (χ0n) is 20.7. The molecular formula is C30H23Cl2IN2O2S. The molecule has 4 nitrogen and oxygen atoms in total. The van der Waals surface area contributed by atoms with Gasteiger partial charge in [0.1, 0.15) is 0 Å². The Bertz CT molecular complexity index is 1870. The second-order valence-electron chi connectivity index (χ2n) is 9.38. The Labute approximate surface area is 245 Å². The van der Waals surface area contributed by atoms with Gasteiger partial charge in [0.2, 0.25) is 0 Å². The summed E-state index contributed by atoms with van der Waals surface area (Å²) in [6.45, 7) is 5.06. The first kappa shape index (κ1) is 25.7. The lowest BCUT2D eigenvalue weighted by Gasteiger charge is -2.33. The number of fused-ring (bicyclic) bond motifs is 5. The van der Waals surface area contributed by atoms with E-state index in [4.69, 9.17) is 23.2 Å². The number of aromatic nitrogens is 1. The van der Waals surface area contributed by atoms with Crippen LogP contribution in [-0.2, 0) is 16.6 Å². The van der Waals surface area contributed by atoms with Crippen molar-refractivity contribution in [1.82, 2.24) is 4.57 Å². The smallest absolute Gasteiger partial charge is 0.264 e. The third-order valence-electron chi connectivity index (χ3n) is 7.07. The van der Waals surface area contributed by atoms with Crippen LogP contribution >= 0.6 is 45.8 Å². The van der Waals surface area contributed by atoms with Crippen LogP contribution in [0, 0.1) is 6.92 Å². The van der Waals surface area contributed by atoms with E-state index in [1.807, 2.05) is 55.5 Å². The molecule has 0 aliphatic carbocycles. The molecule has 0 saturated carbocycles. The van der Waals surface area contributed by atoms with E-state index in [1.165, 1.54) is 4.31 Å². The molecule has 0 saturated heterocycles. The van der Waals surface area contributed by atoms with Crippen molar-refractivity contribution in [3.63, 3.8) is 0 Å². The van der Waals surface area contributed by atoms with Gasteiger partial charge < -0.3 is 4.57 Å². The fraction of sp³-hybridized carbons (Fsp3) is 0.133. The highest BCUT2D eigenvalue weighted by molar-refractivity contribution is 14.1. The lowest BCUT2D eigenvalue weighted by atomic mass is 9.90. The predicted octanol–water partition coefficient (Wildman–Crippen LogP) is 8.83. The van der Waals surface area contributed by atoms with Crippen molar-refractivity contribution in [1.29, 1.82) is 0 Å². The predicted molar refractivity (Wildman–Crippen MR) is 167 cm³/mol. The van der Waals surface area contributed by atoms with Crippen molar-refractivity contribution in [3.8, 4) is 0 Å². The fourth-order valence-corrected chi connectivity index (χ4v) is 8.53. The Morgan fingerprint density at radius 3 is 2.26 bits per heavy atom. The van der Waals surface area contributed by atoms with Crippen molar-refractivity contribution in [2.45, 2.75) is 25.3 Å². The van der Waals surface area contributed by atoms with Crippen LogP contribution in [0.1, 0.15) is 23.6 Å². The molecule has 0 unspecified atom stereocenters. The zero-order valence-corrected chi connectivity index (χ0v) is 25.2. The topological polar surface area (TPSA) is 42.3 Å². The number of sulfonamides is 1. The molecule has 0 spiro atoms. The van der Waals surface area contributed by atoms with E-state index < -0.39 is 10.0 Å². The summed E-state index contributed by atoms with van der Waals surface area (Å²) in [5, 5.41) is 3.15. The molecule has 38 heavy (non-hydrogen) atoms. The Kier molecular flexibility index (Phi) is 6.50. The molecule has 4 aromatic carbocycles. The van der Waals surface area contributed by atoms with E-state index in [9.17, 15) is 8.42 Å². The third kappa shape index (κ3) is 4.04. The quantitative estimate of drug-likeness (QED) is 0.179. The second-order valence-corrected chi connectivity index (χ2v) is 13.4. The van der Waals surface area contributed by atoms with Crippen LogP contribution in [0.4, 0.5) is 5.69 Å². The van der Waals surface area contributed by atoms with Crippen molar-refractivity contribution in [3.05, 3.63) is 109 Å². The maximum absolute atomic E-state index is 14.1. The molecule has 0 atom stereocenters. The molecule has 0 bridgehead atoms. The monoisotopic (exact) mass is 672 g/mol. The second kappa shape index (κ2) is 9.59. The highest BCUT2D eigenvalue weighted by atomic mass is 127. The number of anilines is 1. The number of aryl methyl sites for hydroxylation is 2. The molecule has 0 radical (unpaired) electrons. The van der Waals surface area contributed by atoms with E-state index in [1.54, 1.807) is 18.2 Å². The number of rotatable bonds is 4. The van der Waals surface area contributed by atoms with Crippen LogP contribution in [-0.4, -0.2) is 19.5 Å². The molecule has 0 fully saturated rings. The first-order valence-corrected chi connectivity index (χ1v) is 15.5. The zero-order chi connectivity index (χ0) is 26.8. The normalized spacial score (nSPS) is 14.0. The van der Waals surface area contributed by atoms with Crippen LogP contribution < -0.4 is 4.31 Å². The first-order chi connectivity index (χ1) is 18.2. The molecule has 192 valence electrons. The van der Waals surface area contributed by atoms with Crippen LogP contribution in [0.5, 0.6) is 0 Å². The summed E-state index contributed by atoms with van der Waals surface area (Å²) in [7, 11) is -3.83. The van der Waals surface area contributed by atoms with Gasteiger partial charge in [-0.15, -0.1) is 0 Å². The van der Waals surface area contributed by atoms with Gasteiger partial charge in [0.15, 0.2) is 0 Å². The lowest BCUT2D eigenvalue weighted by Crippen LogP contribution is -2.35. The maximum Gasteiger partial charge on any atom is 0.264 e. The molecule has 2 heterocycles. The van der Waals surface area contributed by atoms with Crippen LogP contribution in [0.15, 0.2) is 87.3 Å². The van der Waals surface area contributed by atoms with E-state index in [-0.39, 0.29) is 11.4 Å². The molecule has 1 aromatic heterocycles. The Balaban J connectivity index is 1.73. The number of hydrogen-bond donors (Lipinski definition) is 0. The average molecular weight is 673 g/mol. The summed E-state index contributed by atoms with van der Waals surface area (Å²) < 4.78 is 32.8. The van der Waals surface area contributed by atoms with Crippen LogP contribution in [0.3, 0.4) is 0 Å². The lowest BCUT2D eigenvalue weighted by molar-refractivity contribution is 0.592. The minimum absolute atomic E-state index is 0.209. The van der Waals surface area contributed by atoms with Gasteiger partial charge in [-0.25, -0.2) is 8.42 Å². The molecular weight excluding hydrogens is 650 g/mol. The largest absolute Gasteiger partial charge is 0.341 e. The number of benzene rings is 4.